The summed E-state index contributed by atoms with van der Waals surface area (Å²) in [6.45, 7) is 0.0406. The number of nitrogens with one attached hydrogen (secondary N) is 1. The topological polar surface area (TPSA) is 84.5 Å². The number of halogens is 2. The smallest absolute Gasteiger partial charge is 0.268 e. The van der Waals surface area contributed by atoms with E-state index in [0.717, 1.165) is 5.56 Å². The maximum Gasteiger partial charge on any atom is 0.268 e. The van der Waals surface area contributed by atoms with Crippen LogP contribution < -0.4 is 33.7 Å². The second kappa shape index (κ2) is 9.52. The van der Waals surface area contributed by atoms with Crippen molar-refractivity contribution in [2.75, 3.05) is 28.1 Å². The van der Waals surface area contributed by atoms with E-state index in [1.165, 1.54) is 6.07 Å². The summed E-state index contributed by atoms with van der Waals surface area (Å²) in [5.41, 5.74) is 1.81. The molecule has 1 aliphatic carbocycles. The Kier molecular flexibility index (Phi) is 6.12. The van der Waals surface area contributed by atoms with Gasteiger partial charge in [-0.25, -0.2) is 8.78 Å². The Morgan fingerprint density at radius 3 is 2.41 bits per heavy atom. The van der Waals surface area contributed by atoms with Gasteiger partial charge in [0.05, 0.1) is 33.3 Å². The number of carbonyl (C=O) groups is 1. The Morgan fingerprint density at radius 2 is 1.64 bits per heavy atom. The van der Waals surface area contributed by atoms with Gasteiger partial charge in [-0.1, -0.05) is 12.1 Å². The first-order chi connectivity index (χ1) is 18.8. The van der Waals surface area contributed by atoms with Gasteiger partial charge in [0.15, 0.2) is 23.0 Å². The molecule has 0 spiro atoms. The van der Waals surface area contributed by atoms with E-state index in [1.807, 2.05) is 6.07 Å². The number of rotatable bonds is 7. The van der Waals surface area contributed by atoms with Gasteiger partial charge in [0.25, 0.3) is 5.92 Å². The molecule has 4 atom stereocenters. The lowest BCUT2D eigenvalue weighted by Crippen LogP contribution is -2.35. The van der Waals surface area contributed by atoms with E-state index in [2.05, 4.69) is 5.32 Å². The molecule has 39 heavy (non-hydrogen) atoms. The van der Waals surface area contributed by atoms with Gasteiger partial charge in [-0.05, 0) is 47.5 Å². The predicted octanol–water partition coefficient (Wildman–Crippen LogP) is 5.17. The average Bonchev–Trinajstić information content (AvgIpc) is 3.26. The molecule has 1 fully saturated rings. The number of ether oxygens (including phenoxy) is 6. The third-order valence-electron chi connectivity index (χ3n) is 7.50. The summed E-state index contributed by atoms with van der Waals surface area (Å²) in [4.78, 5) is 13.3. The molecule has 1 N–H and O–H groups in total. The minimum Gasteiger partial charge on any atom is -0.497 e. The number of benzene rings is 3. The Balaban J connectivity index is 1.27. The van der Waals surface area contributed by atoms with Crippen LogP contribution in [-0.2, 0) is 4.79 Å². The predicted molar refractivity (Wildman–Crippen MR) is 135 cm³/mol. The summed E-state index contributed by atoms with van der Waals surface area (Å²) in [6, 6.07) is 14.8. The van der Waals surface area contributed by atoms with E-state index in [0.29, 0.717) is 52.0 Å². The van der Waals surface area contributed by atoms with Crippen molar-refractivity contribution in [3.05, 3.63) is 71.3 Å². The van der Waals surface area contributed by atoms with Crippen LogP contribution in [0.25, 0.3) is 0 Å². The molecule has 3 aliphatic rings. The van der Waals surface area contributed by atoms with Crippen LogP contribution in [0, 0.1) is 5.92 Å². The molecule has 8 nitrogen and oxygen atoms in total. The van der Waals surface area contributed by atoms with E-state index >= 15 is 0 Å². The molecule has 204 valence electrons. The van der Waals surface area contributed by atoms with Gasteiger partial charge in [-0.2, -0.15) is 0 Å². The van der Waals surface area contributed by atoms with Crippen molar-refractivity contribution in [2.45, 2.75) is 30.4 Å². The fraction of sp³-hybridized carbons (Fsp3) is 0.345. The second-order valence-corrected chi connectivity index (χ2v) is 9.66. The van der Waals surface area contributed by atoms with Crippen LogP contribution in [0.15, 0.2) is 54.6 Å². The number of methoxy groups -OCH3 is 3. The third kappa shape index (κ3) is 4.33. The van der Waals surface area contributed by atoms with Crippen molar-refractivity contribution < 1.29 is 42.0 Å². The largest absolute Gasteiger partial charge is 0.497 e. The van der Waals surface area contributed by atoms with Crippen LogP contribution in [0.4, 0.5) is 8.78 Å². The van der Waals surface area contributed by atoms with Crippen molar-refractivity contribution in [3.8, 4) is 34.5 Å². The molecule has 1 amide bonds. The Bertz CT molecular complexity index is 1430. The molecule has 3 aromatic rings. The maximum atomic E-state index is 15.0. The lowest BCUT2D eigenvalue weighted by Gasteiger charge is -2.33. The highest BCUT2D eigenvalue weighted by molar-refractivity contribution is 5.86. The average molecular weight is 540 g/mol. The lowest BCUT2D eigenvalue weighted by atomic mass is 9.92. The molecule has 0 radical (unpaired) electrons. The van der Waals surface area contributed by atoms with Crippen LogP contribution >= 0.6 is 0 Å². The van der Waals surface area contributed by atoms with Gasteiger partial charge in [0.1, 0.15) is 23.5 Å². The summed E-state index contributed by atoms with van der Waals surface area (Å²) in [5, 5.41) is 2.88. The highest BCUT2D eigenvalue weighted by Gasteiger charge is 2.72. The second-order valence-electron chi connectivity index (χ2n) is 9.66. The lowest BCUT2D eigenvalue weighted by molar-refractivity contribution is -0.125. The molecule has 2 aliphatic heterocycles. The Morgan fingerprint density at radius 1 is 0.872 bits per heavy atom. The van der Waals surface area contributed by atoms with Gasteiger partial charge in [0, 0.05) is 18.1 Å². The van der Waals surface area contributed by atoms with Gasteiger partial charge >= 0.3 is 0 Å². The van der Waals surface area contributed by atoms with Crippen LogP contribution in [-0.4, -0.2) is 40.0 Å². The molecule has 3 aromatic carbocycles. The van der Waals surface area contributed by atoms with Crippen molar-refractivity contribution in [1.29, 1.82) is 0 Å². The molecule has 0 bridgehead atoms. The number of hydrogen-bond acceptors (Lipinski definition) is 7. The quantitative estimate of drug-likeness (QED) is 0.444. The zero-order valence-electron chi connectivity index (χ0n) is 21.5. The van der Waals surface area contributed by atoms with E-state index in [1.54, 1.807) is 63.8 Å². The van der Waals surface area contributed by atoms with Crippen LogP contribution in [0.3, 0.4) is 0 Å². The highest BCUT2D eigenvalue weighted by Crippen LogP contribution is 2.62. The van der Waals surface area contributed by atoms with Crippen LogP contribution in [0.2, 0.25) is 0 Å². The first-order valence-electron chi connectivity index (χ1n) is 12.5. The monoisotopic (exact) mass is 539 g/mol. The Labute approximate surface area is 223 Å². The molecular formula is C29H27F2NO7. The van der Waals surface area contributed by atoms with E-state index in [4.69, 9.17) is 28.4 Å². The number of hydrogen-bond donors (Lipinski definition) is 1. The molecule has 10 heteroatoms. The first kappa shape index (κ1) is 25.1. The molecular weight excluding hydrogens is 512 g/mol. The standard InChI is InChI=1S/C29H27F2NO7/c1-34-17-6-7-18-19(13-22(39-23(18)12-17)15-4-8-20(35-2)24(10-15)36-3)32-28(33)27-26(29(27,30)31)16-5-9-21-25(11-16)38-14-37-21/h4-12,19,22,26-27H,13-14H2,1-3H3,(H,32,33). The van der Waals surface area contributed by atoms with Crippen LogP contribution in [0.1, 0.15) is 41.2 Å². The van der Waals surface area contributed by atoms with E-state index in [9.17, 15) is 13.6 Å². The minimum absolute atomic E-state index is 0.0406. The van der Waals surface area contributed by atoms with Gasteiger partial charge in [0.2, 0.25) is 12.7 Å². The fourth-order valence-electron chi connectivity index (χ4n) is 5.40. The molecule has 0 saturated heterocycles. The highest BCUT2D eigenvalue weighted by atomic mass is 19.3. The van der Waals surface area contributed by atoms with Gasteiger partial charge in [-0.15, -0.1) is 0 Å². The van der Waals surface area contributed by atoms with Crippen molar-refractivity contribution in [3.63, 3.8) is 0 Å². The number of amides is 1. The number of alkyl halides is 2. The zero-order chi connectivity index (χ0) is 27.3. The number of fused-ring (bicyclic) bond motifs is 2. The third-order valence-corrected chi connectivity index (χ3v) is 7.50. The normalized spacial score (nSPS) is 23.7. The molecule has 1 saturated carbocycles. The summed E-state index contributed by atoms with van der Waals surface area (Å²) in [7, 11) is 4.63. The molecule has 2 heterocycles. The van der Waals surface area contributed by atoms with Gasteiger partial charge in [-0.3, -0.25) is 4.79 Å². The van der Waals surface area contributed by atoms with Crippen LogP contribution in [0.5, 0.6) is 34.5 Å². The summed E-state index contributed by atoms with van der Waals surface area (Å²) in [5.74, 6) is -3.58. The first-order valence-corrected chi connectivity index (χ1v) is 12.5. The molecule has 4 unspecified atom stereocenters. The minimum atomic E-state index is -3.19. The maximum absolute atomic E-state index is 15.0. The Hall–Kier alpha value is -4.21. The molecule has 0 aromatic heterocycles. The summed E-state index contributed by atoms with van der Waals surface area (Å²) >= 11 is 0. The number of carbonyl (C=O) groups excluding carboxylic acids is 1. The van der Waals surface area contributed by atoms with Crippen molar-refractivity contribution in [1.82, 2.24) is 5.32 Å². The van der Waals surface area contributed by atoms with Gasteiger partial charge < -0.3 is 33.7 Å². The SMILES string of the molecule is COc1ccc2c(c1)OC(c1ccc(OC)c(OC)c1)CC2NC(=O)C1C(c2ccc3c(c2)OCO3)C1(F)F. The summed E-state index contributed by atoms with van der Waals surface area (Å²) in [6.07, 6.45) is -0.160. The van der Waals surface area contributed by atoms with Crippen molar-refractivity contribution >= 4 is 5.91 Å². The van der Waals surface area contributed by atoms with Crippen molar-refractivity contribution in [2.24, 2.45) is 5.92 Å². The van der Waals surface area contributed by atoms with E-state index < -0.39 is 35.8 Å². The fourth-order valence-corrected chi connectivity index (χ4v) is 5.40. The van der Waals surface area contributed by atoms with E-state index in [-0.39, 0.29) is 6.79 Å². The zero-order valence-corrected chi connectivity index (χ0v) is 21.5. The summed E-state index contributed by atoms with van der Waals surface area (Å²) < 4.78 is 63.0. The molecule has 6 rings (SSSR count).